The quantitative estimate of drug-likeness (QED) is 0.408. The van der Waals surface area contributed by atoms with Crippen molar-refractivity contribution in [3.63, 3.8) is 0 Å². The van der Waals surface area contributed by atoms with E-state index in [1.165, 1.54) is 12.1 Å². The zero-order valence-corrected chi connectivity index (χ0v) is 9.23. The molecule has 0 bridgehead atoms. The van der Waals surface area contributed by atoms with Crippen LogP contribution in [0.3, 0.4) is 0 Å². The van der Waals surface area contributed by atoms with Gasteiger partial charge in [0.2, 0.25) is 0 Å². The Morgan fingerprint density at radius 1 is 1.12 bits per heavy atom. The topological polar surface area (TPSA) is 77.8 Å². The molecule has 0 saturated heterocycles. The molecule has 3 N–H and O–H groups in total. The number of ketones is 1. The van der Waals surface area contributed by atoms with E-state index in [0.717, 1.165) is 19.3 Å². The summed E-state index contributed by atoms with van der Waals surface area (Å²) in [5.41, 5.74) is 0.226. The van der Waals surface area contributed by atoms with Crippen molar-refractivity contribution in [2.75, 3.05) is 0 Å². The predicted molar refractivity (Wildman–Crippen MR) is 59.9 cm³/mol. The molecule has 0 heterocycles. The van der Waals surface area contributed by atoms with E-state index in [1.807, 2.05) is 6.92 Å². The van der Waals surface area contributed by atoms with Crippen LogP contribution in [-0.4, -0.2) is 21.1 Å². The van der Waals surface area contributed by atoms with E-state index in [0.29, 0.717) is 6.42 Å². The van der Waals surface area contributed by atoms with Crippen LogP contribution in [0.1, 0.15) is 43.0 Å². The van der Waals surface area contributed by atoms with Gasteiger partial charge in [-0.15, -0.1) is 0 Å². The zero-order chi connectivity index (χ0) is 12.1. The highest BCUT2D eigenvalue weighted by Gasteiger charge is 2.12. The first-order valence-corrected chi connectivity index (χ1v) is 5.34. The van der Waals surface area contributed by atoms with Crippen LogP contribution >= 0.6 is 0 Å². The van der Waals surface area contributed by atoms with Crippen molar-refractivity contribution in [3.05, 3.63) is 17.7 Å². The molecule has 0 saturated carbocycles. The fourth-order valence-electron chi connectivity index (χ4n) is 1.45. The summed E-state index contributed by atoms with van der Waals surface area (Å²) in [6, 6.07) is 2.34. The Morgan fingerprint density at radius 2 is 1.69 bits per heavy atom. The van der Waals surface area contributed by atoms with Crippen molar-refractivity contribution in [1.29, 1.82) is 0 Å². The Labute approximate surface area is 94.2 Å². The number of carbonyl (C=O) groups is 1. The molecule has 4 nitrogen and oxygen atoms in total. The molecule has 1 aromatic rings. The average molecular weight is 224 g/mol. The molecular formula is C12H16O4. The lowest BCUT2D eigenvalue weighted by molar-refractivity contribution is 0.0978. The molecule has 0 atom stereocenters. The summed E-state index contributed by atoms with van der Waals surface area (Å²) in [6.45, 7) is 2.04. The number of rotatable bonds is 5. The second-order valence-electron chi connectivity index (χ2n) is 3.74. The molecule has 0 radical (unpaired) electrons. The SMILES string of the molecule is CCCCCC(=O)c1cc(O)c(O)c(O)c1. The molecule has 0 aliphatic rings. The predicted octanol–water partition coefficient (Wildman–Crippen LogP) is 2.57. The normalized spacial score (nSPS) is 10.3. The largest absolute Gasteiger partial charge is 0.504 e. The molecule has 88 valence electrons. The van der Waals surface area contributed by atoms with Gasteiger partial charge in [0.15, 0.2) is 23.0 Å². The van der Waals surface area contributed by atoms with Gasteiger partial charge in [-0.25, -0.2) is 0 Å². The van der Waals surface area contributed by atoms with E-state index in [1.54, 1.807) is 0 Å². The van der Waals surface area contributed by atoms with Crippen LogP contribution in [0.15, 0.2) is 12.1 Å². The third kappa shape index (κ3) is 2.89. The highest BCUT2D eigenvalue weighted by Crippen LogP contribution is 2.35. The van der Waals surface area contributed by atoms with Gasteiger partial charge in [0, 0.05) is 12.0 Å². The van der Waals surface area contributed by atoms with E-state index in [9.17, 15) is 15.0 Å². The van der Waals surface area contributed by atoms with Gasteiger partial charge >= 0.3 is 0 Å². The number of aromatic hydroxyl groups is 3. The van der Waals surface area contributed by atoms with Gasteiger partial charge in [-0.3, -0.25) is 4.79 Å². The Morgan fingerprint density at radius 3 is 2.19 bits per heavy atom. The van der Waals surface area contributed by atoms with Crippen molar-refractivity contribution in [2.24, 2.45) is 0 Å². The van der Waals surface area contributed by atoms with Crippen molar-refractivity contribution < 1.29 is 20.1 Å². The number of hydrogen-bond donors (Lipinski definition) is 3. The number of Topliss-reactive ketones (excluding diaryl/α,β-unsaturated/α-hetero) is 1. The van der Waals surface area contributed by atoms with Gasteiger partial charge in [0.25, 0.3) is 0 Å². The number of phenols is 3. The second kappa shape index (κ2) is 5.39. The van der Waals surface area contributed by atoms with Gasteiger partial charge in [-0.05, 0) is 18.6 Å². The molecular weight excluding hydrogens is 208 g/mol. The first kappa shape index (κ1) is 12.4. The molecule has 0 spiro atoms. The lowest BCUT2D eigenvalue weighted by atomic mass is 10.0. The lowest BCUT2D eigenvalue weighted by Gasteiger charge is -2.05. The van der Waals surface area contributed by atoms with Crippen LogP contribution in [0.25, 0.3) is 0 Å². The second-order valence-corrected chi connectivity index (χ2v) is 3.74. The third-order valence-electron chi connectivity index (χ3n) is 2.40. The van der Waals surface area contributed by atoms with E-state index < -0.39 is 17.2 Å². The lowest BCUT2D eigenvalue weighted by Crippen LogP contribution is -1.98. The Balaban J connectivity index is 2.76. The molecule has 0 fully saturated rings. The maximum Gasteiger partial charge on any atom is 0.200 e. The molecule has 0 unspecified atom stereocenters. The van der Waals surface area contributed by atoms with Crippen LogP contribution in [0.4, 0.5) is 0 Å². The molecule has 16 heavy (non-hydrogen) atoms. The van der Waals surface area contributed by atoms with Crippen LogP contribution in [-0.2, 0) is 0 Å². The molecule has 0 aliphatic carbocycles. The third-order valence-corrected chi connectivity index (χ3v) is 2.40. The minimum Gasteiger partial charge on any atom is -0.504 e. The highest BCUT2D eigenvalue weighted by molar-refractivity contribution is 5.97. The Hall–Kier alpha value is -1.71. The van der Waals surface area contributed by atoms with Crippen LogP contribution in [0.2, 0.25) is 0 Å². The van der Waals surface area contributed by atoms with Crippen molar-refractivity contribution >= 4 is 5.78 Å². The number of hydrogen-bond acceptors (Lipinski definition) is 4. The molecule has 0 amide bonds. The van der Waals surface area contributed by atoms with E-state index in [4.69, 9.17) is 5.11 Å². The maximum absolute atomic E-state index is 11.6. The van der Waals surface area contributed by atoms with Crippen LogP contribution in [0.5, 0.6) is 17.2 Å². The van der Waals surface area contributed by atoms with Crippen molar-refractivity contribution in [2.45, 2.75) is 32.6 Å². The van der Waals surface area contributed by atoms with E-state index >= 15 is 0 Å². The number of carbonyl (C=O) groups excluding carboxylic acids is 1. The van der Waals surface area contributed by atoms with Gasteiger partial charge in [0.1, 0.15) is 0 Å². The Bertz CT molecular complexity index is 362. The number of benzene rings is 1. The summed E-state index contributed by atoms with van der Waals surface area (Å²) in [6.07, 6.45) is 3.18. The summed E-state index contributed by atoms with van der Waals surface area (Å²) < 4.78 is 0. The standard InChI is InChI=1S/C12H16O4/c1-2-3-4-5-9(13)8-6-10(14)12(16)11(15)7-8/h6-7,14-16H,2-5H2,1H3. The fraction of sp³-hybridized carbons (Fsp3) is 0.417. The maximum atomic E-state index is 11.6. The Kier molecular flexibility index (Phi) is 4.17. The molecule has 0 aliphatic heterocycles. The summed E-state index contributed by atoms with van der Waals surface area (Å²) in [7, 11) is 0. The van der Waals surface area contributed by atoms with E-state index in [-0.39, 0.29) is 11.3 Å². The first-order valence-electron chi connectivity index (χ1n) is 5.34. The highest BCUT2D eigenvalue weighted by atomic mass is 16.3. The van der Waals surface area contributed by atoms with Gasteiger partial charge in [-0.1, -0.05) is 19.8 Å². The van der Waals surface area contributed by atoms with Crippen molar-refractivity contribution in [3.8, 4) is 17.2 Å². The summed E-state index contributed by atoms with van der Waals surface area (Å²) in [5, 5.41) is 27.6. The smallest absolute Gasteiger partial charge is 0.200 e. The van der Waals surface area contributed by atoms with Gasteiger partial charge < -0.3 is 15.3 Å². The zero-order valence-electron chi connectivity index (χ0n) is 9.23. The van der Waals surface area contributed by atoms with Crippen LogP contribution < -0.4 is 0 Å². The van der Waals surface area contributed by atoms with E-state index in [2.05, 4.69) is 0 Å². The van der Waals surface area contributed by atoms with Gasteiger partial charge in [-0.2, -0.15) is 0 Å². The van der Waals surface area contributed by atoms with Gasteiger partial charge in [0.05, 0.1) is 0 Å². The minimum atomic E-state index is -0.592. The van der Waals surface area contributed by atoms with Crippen LogP contribution in [0, 0.1) is 0 Å². The fourth-order valence-corrected chi connectivity index (χ4v) is 1.45. The molecule has 1 rings (SSSR count). The minimum absolute atomic E-state index is 0.140. The van der Waals surface area contributed by atoms with Crippen molar-refractivity contribution in [1.82, 2.24) is 0 Å². The summed E-state index contributed by atoms with van der Waals surface area (Å²) in [5.74, 6) is -1.68. The number of phenolic OH excluding ortho intramolecular Hbond substituents is 3. The molecule has 0 aromatic heterocycles. The monoisotopic (exact) mass is 224 g/mol. The summed E-state index contributed by atoms with van der Waals surface area (Å²) >= 11 is 0. The first-order chi connectivity index (χ1) is 7.56. The number of unbranched alkanes of at least 4 members (excludes halogenated alkanes) is 2. The summed E-state index contributed by atoms with van der Waals surface area (Å²) in [4.78, 5) is 11.6. The average Bonchev–Trinajstić information content (AvgIpc) is 2.25. The molecule has 4 heteroatoms. The molecule has 1 aromatic carbocycles.